The Bertz CT molecular complexity index is 3570. The van der Waals surface area contributed by atoms with Gasteiger partial charge in [-0.3, -0.25) is 9.59 Å². The number of anilines is 3. The van der Waals surface area contributed by atoms with E-state index in [9.17, 15) is 27.1 Å². The number of carbonyl (C=O) groups is 2. The van der Waals surface area contributed by atoms with Gasteiger partial charge in [-0.2, -0.15) is 9.56 Å². The summed E-state index contributed by atoms with van der Waals surface area (Å²) in [5, 5.41) is 3.66. The molecule has 9 rings (SSSR count). The van der Waals surface area contributed by atoms with Crippen LogP contribution in [0.5, 0.6) is 17.2 Å². The molecule has 1 fully saturated rings. The van der Waals surface area contributed by atoms with Crippen molar-refractivity contribution < 1.29 is 45.9 Å². The number of allylic oxidation sites excluding steroid dienone is 6. The number of aryl methyl sites for hydroxylation is 1. The maximum atomic E-state index is 13.8. The lowest BCUT2D eigenvalue weighted by atomic mass is 9.81. The van der Waals surface area contributed by atoms with Crippen molar-refractivity contribution in [3.05, 3.63) is 161 Å². The van der Waals surface area contributed by atoms with Crippen LogP contribution in [0.1, 0.15) is 95.0 Å². The Morgan fingerprint density at radius 2 is 1.54 bits per heavy atom. The quantitative estimate of drug-likeness (QED) is 0.0203. The van der Waals surface area contributed by atoms with E-state index in [-0.39, 0.29) is 29.9 Å². The summed E-state index contributed by atoms with van der Waals surface area (Å²) in [6, 6.07) is 31.9. The zero-order chi connectivity index (χ0) is 59.0. The van der Waals surface area contributed by atoms with E-state index >= 15 is 0 Å². The van der Waals surface area contributed by atoms with Crippen LogP contribution in [0.2, 0.25) is 0 Å². The molecule has 436 valence electrons. The molecule has 1 saturated heterocycles. The SMILES string of the molecule is CCN1C(=CC=CC=CC2=[N+](CCCCCC(=O)NCCOc3cccc(C4CN(C(=O)CCc5ccccc5)CCN4c4nc(N)c5cc(OC)c(OC)cc5n4)c3)c3ccc(S(=O)O)cc3C2(C)C)C(C)(C)c2cc(S(=O)O)ccc21. The fourth-order valence-electron chi connectivity index (χ4n) is 11.6. The van der Waals surface area contributed by atoms with Crippen LogP contribution in [0.3, 0.4) is 0 Å². The van der Waals surface area contributed by atoms with Gasteiger partial charge in [0.05, 0.1) is 47.5 Å². The van der Waals surface area contributed by atoms with Gasteiger partial charge in [-0.05, 0) is 111 Å². The van der Waals surface area contributed by atoms with Crippen molar-refractivity contribution in [3.8, 4) is 17.2 Å². The van der Waals surface area contributed by atoms with E-state index in [0.29, 0.717) is 108 Å². The molecule has 4 heterocycles. The van der Waals surface area contributed by atoms with Gasteiger partial charge in [-0.25, -0.2) is 13.4 Å². The first-order chi connectivity index (χ1) is 39.9. The Balaban J connectivity index is 0.813. The third kappa shape index (κ3) is 13.2. The standard InChI is InChI=1S/C64H74N8O9S2/c1-8-70-52-29-27-46(82(75)76)38-49(52)63(2,3)57(70)23-14-10-15-24-58-64(4,5)50-39-47(83(77)78)28-30-53(50)71(58)33-17-11-16-25-59(73)66-32-36-81-45-22-18-21-44(37-45)54-42-69(60(74)31-26-43-19-12-9-13-20-43)34-35-72(54)62-67-51-41-56(80-7)55(79-6)40-48(51)61(65)68-62/h9-10,12-15,18-24,27-30,37-41,54H,8,11,16-17,25-26,31-36,42H2,1-7H3,(H4-,65,66,67,68,73,75,76,77,78)/p+1. The normalized spacial score (nSPS) is 17.6. The number of unbranched alkanes of at least 4 members (excludes halogenated alkanes) is 2. The number of aromatic nitrogens is 2. The average molecular weight is 1160 g/mol. The van der Waals surface area contributed by atoms with Crippen molar-refractivity contribution >= 4 is 73.7 Å². The number of rotatable bonds is 23. The molecule has 83 heavy (non-hydrogen) atoms. The Hall–Kier alpha value is -7.71. The number of piperazine rings is 1. The number of nitrogens with two attached hydrogens (primary N) is 1. The van der Waals surface area contributed by atoms with Gasteiger partial charge in [-0.15, -0.1) is 0 Å². The summed E-state index contributed by atoms with van der Waals surface area (Å²) < 4.78 is 63.6. The van der Waals surface area contributed by atoms with Gasteiger partial charge in [0.15, 0.2) is 39.4 Å². The van der Waals surface area contributed by atoms with E-state index in [0.717, 1.165) is 64.4 Å². The smallest absolute Gasteiger partial charge is 0.228 e. The maximum Gasteiger partial charge on any atom is 0.228 e. The zero-order valence-electron chi connectivity index (χ0n) is 48.3. The van der Waals surface area contributed by atoms with Gasteiger partial charge in [0.2, 0.25) is 23.5 Å². The first-order valence-corrected chi connectivity index (χ1v) is 30.4. The fourth-order valence-corrected chi connectivity index (χ4v) is 12.4. The van der Waals surface area contributed by atoms with Crippen LogP contribution in [0.25, 0.3) is 10.9 Å². The monoisotopic (exact) mass is 1160 g/mol. The fraction of sp³-hybridized carbons (Fsp3) is 0.359. The molecule has 3 aliphatic heterocycles. The van der Waals surface area contributed by atoms with Crippen molar-refractivity contribution in [1.82, 2.24) is 20.2 Å². The number of methoxy groups -OCH3 is 2. The van der Waals surface area contributed by atoms with Gasteiger partial charge in [0.1, 0.15) is 24.7 Å². The second-order valence-corrected chi connectivity index (χ2v) is 23.9. The maximum absolute atomic E-state index is 13.8. The van der Waals surface area contributed by atoms with Crippen LogP contribution >= 0.6 is 0 Å². The molecule has 3 atom stereocenters. The van der Waals surface area contributed by atoms with E-state index in [1.165, 1.54) is 0 Å². The van der Waals surface area contributed by atoms with E-state index in [1.807, 2.05) is 102 Å². The lowest BCUT2D eigenvalue weighted by molar-refractivity contribution is -0.438. The molecule has 17 nitrogen and oxygen atoms in total. The Morgan fingerprint density at radius 1 is 0.807 bits per heavy atom. The number of amides is 2. The molecule has 0 aliphatic carbocycles. The van der Waals surface area contributed by atoms with E-state index in [4.69, 9.17) is 29.9 Å². The van der Waals surface area contributed by atoms with Gasteiger partial charge in [0.25, 0.3) is 0 Å². The third-order valence-electron chi connectivity index (χ3n) is 16.1. The molecular formula is C64H75N8O9S2+. The molecule has 0 saturated carbocycles. The highest BCUT2D eigenvalue weighted by atomic mass is 32.2. The largest absolute Gasteiger partial charge is 0.493 e. The van der Waals surface area contributed by atoms with Gasteiger partial charge >= 0.3 is 0 Å². The highest BCUT2D eigenvalue weighted by molar-refractivity contribution is 7.79. The highest BCUT2D eigenvalue weighted by Gasteiger charge is 2.45. The predicted octanol–water partition coefficient (Wildman–Crippen LogP) is 10.4. The number of hydrogen-bond donors (Lipinski definition) is 4. The number of fused-ring (bicyclic) bond motifs is 3. The summed E-state index contributed by atoms with van der Waals surface area (Å²) in [5.74, 6) is 2.38. The minimum Gasteiger partial charge on any atom is -0.493 e. The molecule has 6 aromatic rings. The summed E-state index contributed by atoms with van der Waals surface area (Å²) in [7, 11) is 3.13. The van der Waals surface area contributed by atoms with E-state index in [2.05, 4.69) is 66.5 Å². The zero-order valence-corrected chi connectivity index (χ0v) is 49.9. The number of hydrogen-bond acceptors (Lipinski definition) is 12. The molecule has 0 spiro atoms. The first kappa shape index (κ1) is 59.9. The molecule has 2 amide bonds. The molecule has 5 aromatic carbocycles. The van der Waals surface area contributed by atoms with Crippen LogP contribution in [-0.2, 0) is 49.0 Å². The van der Waals surface area contributed by atoms with Crippen LogP contribution in [0, 0.1) is 0 Å². The van der Waals surface area contributed by atoms with Crippen LogP contribution in [0.4, 0.5) is 23.1 Å². The minimum absolute atomic E-state index is 0.0599. The predicted molar refractivity (Wildman–Crippen MR) is 328 cm³/mol. The first-order valence-electron chi connectivity index (χ1n) is 28.2. The van der Waals surface area contributed by atoms with Crippen molar-refractivity contribution in [3.63, 3.8) is 0 Å². The summed E-state index contributed by atoms with van der Waals surface area (Å²) in [6.07, 6.45) is 13.9. The number of nitrogen functional groups attached to an aromatic ring is 1. The Morgan fingerprint density at radius 3 is 2.28 bits per heavy atom. The molecule has 3 unspecified atom stereocenters. The van der Waals surface area contributed by atoms with E-state index < -0.39 is 27.6 Å². The average Bonchev–Trinajstić information content (AvgIpc) is 2.74. The lowest BCUT2D eigenvalue weighted by Gasteiger charge is -2.42. The van der Waals surface area contributed by atoms with Crippen molar-refractivity contribution in [2.45, 2.75) is 99.8 Å². The molecule has 0 radical (unpaired) electrons. The van der Waals surface area contributed by atoms with Crippen molar-refractivity contribution in [1.29, 1.82) is 0 Å². The van der Waals surface area contributed by atoms with Gasteiger partial charge in [0, 0.05) is 91.4 Å². The summed E-state index contributed by atoms with van der Waals surface area (Å²) in [5.41, 5.74) is 14.5. The van der Waals surface area contributed by atoms with Gasteiger partial charge < -0.3 is 49.1 Å². The molecule has 0 bridgehead atoms. The summed E-state index contributed by atoms with van der Waals surface area (Å²) in [6.45, 7) is 13.9. The molecule has 1 aromatic heterocycles. The van der Waals surface area contributed by atoms with Crippen molar-refractivity contribution in [2.75, 3.05) is 75.6 Å². The summed E-state index contributed by atoms with van der Waals surface area (Å²) in [4.78, 5) is 43.6. The Kier molecular flexibility index (Phi) is 18.9. The minimum atomic E-state index is -2.13. The second-order valence-electron chi connectivity index (χ2n) is 21.9. The van der Waals surface area contributed by atoms with Crippen molar-refractivity contribution in [2.24, 2.45) is 0 Å². The molecular weight excluding hydrogens is 1090 g/mol. The van der Waals surface area contributed by atoms with Gasteiger partial charge in [-0.1, -0.05) is 74.5 Å². The Labute approximate surface area is 491 Å². The molecule has 19 heteroatoms. The second kappa shape index (κ2) is 26.3. The number of nitrogens with one attached hydrogen (secondary N) is 1. The number of benzene rings is 5. The number of nitrogens with zero attached hydrogens (tertiary/aromatic N) is 6. The number of likely N-dealkylation sites (N-methyl/N-ethyl adjacent to an activating group) is 1. The highest BCUT2D eigenvalue weighted by Crippen LogP contribution is 2.48. The third-order valence-corrected chi connectivity index (χ3v) is 17.4. The van der Waals surface area contributed by atoms with Crippen LogP contribution < -0.4 is 35.1 Å². The molecule has 3 aliphatic rings. The number of ether oxygens (including phenoxy) is 3. The van der Waals surface area contributed by atoms with Crippen LogP contribution in [-0.4, -0.2) is 115 Å². The molecule has 5 N–H and O–H groups in total. The number of carbonyl (C=O) groups excluding carboxylic acids is 2. The topological polar surface area (TPSA) is 213 Å². The summed E-state index contributed by atoms with van der Waals surface area (Å²) >= 11 is -4.20. The lowest BCUT2D eigenvalue weighted by Crippen LogP contribution is -2.51. The van der Waals surface area contributed by atoms with Crippen LogP contribution in [0.15, 0.2) is 149 Å². The van der Waals surface area contributed by atoms with E-state index in [1.54, 1.807) is 38.5 Å².